The zero-order valence-corrected chi connectivity index (χ0v) is 37.0. The number of hydrogen-bond acceptors (Lipinski definition) is 13. The molecule has 0 atom stereocenters. The molecular weight excluding hydrogens is 849 g/mol. The van der Waals surface area contributed by atoms with Crippen molar-refractivity contribution in [2.24, 2.45) is 5.73 Å². The van der Waals surface area contributed by atoms with Gasteiger partial charge in [-0.3, -0.25) is 24.2 Å². The average molecular weight is 915 g/mol. The maximum Gasteiger partial charge on any atom is 0.338 e. The smallest absolute Gasteiger partial charge is 0.338 e. The third-order valence-electron chi connectivity index (χ3n) is 9.63. The van der Waals surface area contributed by atoms with Gasteiger partial charge in [0.15, 0.2) is 0 Å². The van der Waals surface area contributed by atoms with E-state index in [0.29, 0.717) is 36.8 Å². The number of methoxy groups -OCH3 is 2. The molecule has 0 saturated carbocycles. The molecule has 6 rings (SSSR count). The molecule has 15 nitrogen and oxygen atoms in total. The van der Waals surface area contributed by atoms with E-state index in [4.69, 9.17) is 10.8 Å². The molecule has 6 aromatic rings. The van der Waals surface area contributed by atoms with Gasteiger partial charge in [0, 0.05) is 66.9 Å². The predicted octanol–water partition coefficient (Wildman–Crippen LogP) is 10.8. The summed E-state index contributed by atoms with van der Waals surface area (Å²) in [6, 6.07) is 39.1. The molecular formula is C52H66N8O7. The monoisotopic (exact) mass is 915 g/mol. The van der Waals surface area contributed by atoms with E-state index in [2.05, 4.69) is 34.7 Å². The minimum absolute atomic E-state index is 0. The van der Waals surface area contributed by atoms with E-state index >= 15 is 0 Å². The van der Waals surface area contributed by atoms with E-state index in [1.807, 2.05) is 131 Å². The van der Waals surface area contributed by atoms with Crippen LogP contribution < -0.4 is 20.9 Å². The number of aromatic carboxylic acids is 1. The highest BCUT2D eigenvalue weighted by Crippen LogP contribution is 2.32. The first-order valence-electron chi connectivity index (χ1n) is 21.6. The summed E-state index contributed by atoms with van der Waals surface area (Å²) in [6.45, 7) is 1.32. The molecule has 2 aromatic heterocycles. The molecule has 0 aliphatic carbocycles. The van der Waals surface area contributed by atoms with Crippen LogP contribution in [-0.2, 0) is 19.1 Å². The normalized spacial score (nSPS) is 9.90. The van der Waals surface area contributed by atoms with Crippen LogP contribution in [0.5, 0.6) is 0 Å². The van der Waals surface area contributed by atoms with Gasteiger partial charge in [-0.1, -0.05) is 113 Å². The Balaban J connectivity index is 0.000000382. The van der Waals surface area contributed by atoms with Crippen LogP contribution in [0.4, 0.5) is 34.6 Å². The first-order chi connectivity index (χ1) is 31.7. The zero-order valence-electron chi connectivity index (χ0n) is 37.0. The molecule has 0 aliphatic heterocycles. The van der Waals surface area contributed by atoms with Crippen molar-refractivity contribution in [3.8, 4) is 0 Å². The van der Waals surface area contributed by atoms with Crippen LogP contribution in [0.2, 0.25) is 0 Å². The number of ether oxygens (including phenoxy) is 2. The van der Waals surface area contributed by atoms with Gasteiger partial charge in [0.05, 0.1) is 25.3 Å². The van der Waals surface area contributed by atoms with Gasteiger partial charge in [-0.25, -0.2) is 24.7 Å². The molecule has 356 valence electrons. The highest BCUT2D eigenvalue weighted by atomic mass is 16.5. The van der Waals surface area contributed by atoms with Crippen molar-refractivity contribution < 1.29 is 33.8 Å². The third-order valence-corrected chi connectivity index (χ3v) is 9.63. The van der Waals surface area contributed by atoms with Gasteiger partial charge in [-0.2, -0.15) is 0 Å². The first-order valence-corrected chi connectivity index (χ1v) is 21.6. The van der Waals surface area contributed by atoms with Gasteiger partial charge in [0.25, 0.3) is 5.91 Å². The number of nitrogens with one attached hydrogen (secondary N) is 1. The Bertz CT molecular complexity index is 2190. The summed E-state index contributed by atoms with van der Waals surface area (Å²) in [5.74, 6) is -0.626. The third kappa shape index (κ3) is 19.6. The maximum atomic E-state index is 12.4. The molecule has 0 aliphatic rings. The summed E-state index contributed by atoms with van der Waals surface area (Å²) in [5, 5.41) is 11.9. The van der Waals surface area contributed by atoms with Crippen LogP contribution in [0.15, 0.2) is 146 Å². The molecule has 0 unspecified atom stereocenters. The fraction of sp³-hybridized carbons (Fsp3) is 0.308. The largest absolute Gasteiger partial charge is 0.478 e. The van der Waals surface area contributed by atoms with Crippen molar-refractivity contribution in [1.82, 2.24) is 25.3 Å². The van der Waals surface area contributed by atoms with Crippen molar-refractivity contribution in [3.05, 3.63) is 157 Å². The van der Waals surface area contributed by atoms with Crippen molar-refractivity contribution in [1.29, 1.82) is 0 Å². The molecule has 0 bridgehead atoms. The van der Waals surface area contributed by atoms with Crippen LogP contribution >= 0.6 is 0 Å². The number of nitrogens with two attached hydrogens (primary N) is 1. The quantitative estimate of drug-likeness (QED) is 0.0454. The summed E-state index contributed by atoms with van der Waals surface area (Å²) < 4.78 is 9.11. The molecule has 0 saturated heterocycles. The molecule has 15 heteroatoms. The minimum Gasteiger partial charge on any atom is -0.478 e. The number of hydrogen-bond donors (Lipinski definition) is 3. The Morgan fingerprint density at radius 2 is 0.836 bits per heavy atom. The lowest BCUT2D eigenvalue weighted by Crippen LogP contribution is -2.25. The molecule has 2 heterocycles. The lowest BCUT2D eigenvalue weighted by atomic mass is 10.1. The van der Waals surface area contributed by atoms with Crippen LogP contribution in [0.1, 0.15) is 99.8 Å². The van der Waals surface area contributed by atoms with E-state index in [-0.39, 0.29) is 38.3 Å². The number of aromatic nitrogens is 4. The number of anilines is 6. The van der Waals surface area contributed by atoms with Gasteiger partial charge >= 0.3 is 17.9 Å². The maximum absolute atomic E-state index is 12.4. The Kier molecular flexibility index (Phi) is 26.7. The predicted molar refractivity (Wildman–Crippen MR) is 265 cm³/mol. The second-order valence-electron chi connectivity index (χ2n) is 14.4. The van der Waals surface area contributed by atoms with Gasteiger partial charge in [0.1, 0.15) is 0 Å². The van der Waals surface area contributed by atoms with Crippen LogP contribution in [0.3, 0.4) is 0 Å². The summed E-state index contributed by atoms with van der Waals surface area (Å²) in [7, 11) is 2.82. The Morgan fingerprint density at radius 3 is 1.16 bits per heavy atom. The second kappa shape index (κ2) is 32.2. The number of benzene rings is 4. The number of esters is 2. The number of rotatable bonds is 21. The van der Waals surface area contributed by atoms with E-state index in [9.17, 15) is 19.2 Å². The molecule has 0 spiro atoms. The van der Waals surface area contributed by atoms with Crippen LogP contribution in [-0.4, -0.2) is 76.2 Å². The summed E-state index contributed by atoms with van der Waals surface area (Å²) in [6.07, 6.45) is 14.4. The number of unbranched alkanes of at least 4 members (excludes halogenated alkanes) is 6. The highest BCUT2D eigenvalue weighted by molar-refractivity contribution is 5.93. The fourth-order valence-corrected chi connectivity index (χ4v) is 6.19. The molecule has 1 amide bonds. The van der Waals surface area contributed by atoms with E-state index in [0.717, 1.165) is 80.7 Å². The van der Waals surface area contributed by atoms with E-state index in [1.54, 1.807) is 12.4 Å². The molecule has 67 heavy (non-hydrogen) atoms. The van der Waals surface area contributed by atoms with Gasteiger partial charge in [-0.05, 0) is 80.8 Å². The summed E-state index contributed by atoms with van der Waals surface area (Å²) >= 11 is 0. The van der Waals surface area contributed by atoms with E-state index < -0.39 is 5.97 Å². The number of carbonyl (C=O) groups excluding carboxylic acids is 3. The number of carboxylic acids is 1. The molecule has 4 aromatic carbocycles. The van der Waals surface area contributed by atoms with Gasteiger partial charge in [-0.15, -0.1) is 0 Å². The van der Waals surface area contributed by atoms with Crippen molar-refractivity contribution >= 4 is 58.5 Å². The molecule has 0 fully saturated rings. The average Bonchev–Trinajstić information content (AvgIpc) is 3.35. The SMILES string of the molecule is C.C.COC(=O)CCCCCCN.COC(=O)CCCCCCNC(=O)c1cnc(N(c2ccccc2)c2ccccc2)nc1.O=C(O)c1cnc(N(c2ccccc2)c2ccccc2)nc1. The molecule has 0 radical (unpaired) electrons. The fourth-order valence-electron chi connectivity index (χ4n) is 6.19. The molecule has 4 N–H and O–H groups in total. The number of carbonyl (C=O) groups is 4. The van der Waals surface area contributed by atoms with Crippen molar-refractivity contribution in [2.45, 2.75) is 79.1 Å². The van der Waals surface area contributed by atoms with Crippen molar-refractivity contribution in [2.75, 3.05) is 37.1 Å². The summed E-state index contributed by atoms with van der Waals surface area (Å²) in [5.41, 5.74) is 9.45. The topological polar surface area (TPSA) is 203 Å². The number of amides is 1. The minimum atomic E-state index is -1.04. The van der Waals surface area contributed by atoms with Gasteiger partial charge < -0.3 is 25.6 Å². The number of nitrogens with zero attached hydrogens (tertiary/aromatic N) is 6. The number of para-hydroxylation sites is 4. The van der Waals surface area contributed by atoms with Crippen LogP contribution in [0, 0.1) is 0 Å². The Morgan fingerprint density at radius 1 is 0.507 bits per heavy atom. The second-order valence-corrected chi connectivity index (χ2v) is 14.4. The Labute approximate surface area is 395 Å². The zero-order chi connectivity index (χ0) is 46.5. The Hall–Kier alpha value is -7.52. The first kappa shape index (κ1) is 55.6. The highest BCUT2D eigenvalue weighted by Gasteiger charge is 2.17. The number of carboxylic acid groups (broad SMARTS) is 1. The summed E-state index contributed by atoms with van der Waals surface area (Å²) in [4.78, 5) is 66.1. The van der Waals surface area contributed by atoms with Crippen LogP contribution in [0.25, 0.3) is 0 Å². The van der Waals surface area contributed by atoms with Gasteiger partial charge in [0.2, 0.25) is 11.9 Å². The standard InChI is InChI=1S/C25H28N4O3.C17H13N3O2.C8H17NO2.2CH4/c1-32-23(30)16-10-2-3-11-17-26-24(31)20-18-27-25(28-19-20)29(21-12-6-4-7-13-21)22-14-8-5-9-15-22;21-16(22)13-11-18-17(19-12-13)20(14-7-3-1-4-8-14)15-9-5-2-6-10-15;1-11-8(10)6-4-2-3-5-7-9;;/h4-9,12-15,18-19H,2-3,10-11,16-17H2,1H3,(H,26,31);1-12H,(H,21,22);2-7,9H2,1H3;2*1H4. The lowest BCUT2D eigenvalue weighted by molar-refractivity contribution is -0.141. The van der Waals surface area contributed by atoms with Crippen molar-refractivity contribution in [3.63, 3.8) is 0 Å². The lowest BCUT2D eigenvalue weighted by Gasteiger charge is -2.22. The van der Waals surface area contributed by atoms with E-state index in [1.165, 1.54) is 26.6 Å².